The summed E-state index contributed by atoms with van der Waals surface area (Å²) in [4.78, 5) is 11.2. The Kier molecular flexibility index (Phi) is 5.16. The van der Waals surface area contributed by atoms with E-state index in [1.54, 1.807) is 6.07 Å². The second-order valence-corrected chi connectivity index (χ2v) is 6.94. The SMILES string of the molecule is CNC(=O)c1ccc(SCCS(=O)(=O)Cl)nn1. The lowest BCUT2D eigenvalue weighted by Gasteiger charge is -2.00. The highest BCUT2D eigenvalue weighted by Crippen LogP contribution is 2.15. The minimum Gasteiger partial charge on any atom is -0.354 e. The molecular formula is C8H10ClN3O3S2. The molecule has 6 nitrogen and oxygen atoms in total. The van der Waals surface area contributed by atoms with Crippen LogP contribution >= 0.6 is 22.4 Å². The van der Waals surface area contributed by atoms with E-state index in [9.17, 15) is 13.2 Å². The number of hydrogen-bond acceptors (Lipinski definition) is 6. The highest BCUT2D eigenvalue weighted by Gasteiger charge is 2.08. The zero-order valence-electron chi connectivity index (χ0n) is 8.88. The summed E-state index contributed by atoms with van der Waals surface area (Å²) in [6, 6.07) is 3.12. The van der Waals surface area contributed by atoms with E-state index in [0.717, 1.165) is 0 Å². The smallest absolute Gasteiger partial charge is 0.271 e. The van der Waals surface area contributed by atoms with Crippen LogP contribution in [0.25, 0.3) is 0 Å². The van der Waals surface area contributed by atoms with Gasteiger partial charge in [-0.25, -0.2) is 8.42 Å². The fraction of sp³-hybridized carbons (Fsp3) is 0.375. The van der Waals surface area contributed by atoms with Crippen LogP contribution in [0.1, 0.15) is 10.5 Å². The first-order valence-electron chi connectivity index (χ1n) is 4.53. The average molecular weight is 296 g/mol. The molecule has 0 unspecified atom stereocenters. The summed E-state index contributed by atoms with van der Waals surface area (Å²) in [5.74, 6) is -0.171. The van der Waals surface area contributed by atoms with Crippen molar-refractivity contribution in [1.29, 1.82) is 0 Å². The molecule has 0 aliphatic carbocycles. The lowest BCUT2D eigenvalue weighted by atomic mass is 10.4. The Morgan fingerprint density at radius 2 is 2.18 bits per heavy atom. The van der Waals surface area contributed by atoms with Crippen molar-refractivity contribution < 1.29 is 13.2 Å². The summed E-state index contributed by atoms with van der Waals surface area (Å²) in [7, 11) is 3.07. The minimum absolute atomic E-state index is 0.141. The van der Waals surface area contributed by atoms with Gasteiger partial charge in [-0.15, -0.1) is 22.0 Å². The third kappa shape index (κ3) is 5.33. The first-order valence-corrected chi connectivity index (χ1v) is 8.00. The summed E-state index contributed by atoms with van der Waals surface area (Å²) in [6.45, 7) is 0. The molecule has 0 saturated heterocycles. The van der Waals surface area contributed by atoms with E-state index in [-0.39, 0.29) is 17.4 Å². The molecule has 1 rings (SSSR count). The predicted octanol–water partition coefficient (Wildman–Crippen LogP) is 0.497. The molecule has 0 aromatic carbocycles. The van der Waals surface area contributed by atoms with Crippen LogP contribution in [0.2, 0.25) is 0 Å². The molecule has 0 bridgehead atoms. The Labute approximate surface area is 108 Å². The van der Waals surface area contributed by atoms with Gasteiger partial charge in [0.1, 0.15) is 5.03 Å². The Bertz CT molecular complexity index is 489. The standard InChI is InChI=1S/C8H10ClN3O3S2/c1-10-8(13)6-2-3-7(12-11-6)16-4-5-17(9,14)15/h2-3H,4-5H2,1H3,(H,10,13). The van der Waals surface area contributed by atoms with Crippen molar-refractivity contribution in [2.45, 2.75) is 5.03 Å². The molecule has 17 heavy (non-hydrogen) atoms. The number of halogens is 1. The number of nitrogens with zero attached hydrogens (tertiary/aromatic N) is 2. The zero-order chi connectivity index (χ0) is 12.9. The lowest BCUT2D eigenvalue weighted by molar-refractivity contribution is 0.0957. The molecule has 1 aromatic rings. The number of carbonyl (C=O) groups is 1. The van der Waals surface area contributed by atoms with Gasteiger partial charge in [-0.1, -0.05) is 0 Å². The van der Waals surface area contributed by atoms with E-state index in [0.29, 0.717) is 10.8 Å². The molecule has 0 aliphatic heterocycles. The molecule has 1 heterocycles. The van der Waals surface area contributed by atoms with Crippen molar-refractivity contribution in [1.82, 2.24) is 15.5 Å². The Hall–Kier alpha value is -0.860. The summed E-state index contributed by atoms with van der Waals surface area (Å²) < 4.78 is 21.3. The van der Waals surface area contributed by atoms with Crippen molar-refractivity contribution in [3.63, 3.8) is 0 Å². The molecular weight excluding hydrogens is 286 g/mol. The van der Waals surface area contributed by atoms with Crippen molar-refractivity contribution in [3.8, 4) is 0 Å². The quantitative estimate of drug-likeness (QED) is 0.628. The first-order chi connectivity index (χ1) is 7.92. The fourth-order valence-corrected chi connectivity index (χ4v) is 3.06. The summed E-state index contributed by atoms with van der Waals surface area (Å²) >= 11 is 1.21. The number of rotatable bonds is 5. The molecule has 0 saturated carbocycles. The number of thioether (sulfide) groups is 1. The van der Waals surface area contributed by atoms with Gasteiger partial charge in [0.05, 0.1) is 5.75 Å². The van der Waals surface area contributed by atoms with Crippen molar-refractivity contribution in [2.75, 3.05) is 18.6 Å². The molecule has 0 aliphatic rings. The van der Waals surface area contributed by atoms with Gasteiger partial charge in [-0.3, -0.25) is 4.79 Å². The van der Waals surface area contributed by atoms with Crippen LogP contribution < -0.4 is 5.32 Å². The maximum atomic E-state index is 11.2. The molecule has 1 N–H and O–H groups in total. The largest absolute Gasteiger partial charge is 0.354 e. The Morgan fingerprint density at radius 3 is 2.65 bits per heavy atom. The average Bonchev–Trinajstić information content (AvgIpc) is 2.27. The van der Waals surface area contributed by atoms with Crippen LogP contribution in [-0.4, -0.2) is 43.1 Å². The van der Waals surface area contributed by atoms with Crippen LogP contribution in [0.5, 0.6) is 0 Å². The van der Waals surface area contributed by atoms with Gasteiger partial charge in [-0.05, 0) is 12.1 Å². The predicted molar refractivity (Wildman–Crippen MR) is 65.8 cm³/mol. The van der Waals surface area contributed by atoms with Gasteiger partial charge in [0.25, 0.3) is 5.91 Å². The van der Waals surface area contributed by atoms with Gasteiger partial charge >= 0.3 is 0 Å². The third-order valence-electron chi connectivity index (χ3n) is 1.68. The molecule has 1 aromatic heterocycles. The van der Waals surface area contributed by atoms with E-state index < -0.39 is 9.05 Å². The molecule has 9 heteroatoms. The van der Waals surface area contributed by atoms with Crippen molar-refractivity contribution in [2.24, 2.45) is 0 Å². The van der Waals surface area contributed by atoms with E-state index >= 15 is 0 Å². The van der Waals surface area contributed by atoms with E-state index in [4.69, 9.17) is 10.7 Å². The zero-order valence-corrected chi connectivity index (χ0v) is 11.3. The van der Waals surface area contributed by atoms with Crippen LogP contribution in [0.3, 0.4) is 0 Å². The molecule has 0 radical (unpaired) electrons. The van der Waals surface area contributed by atoms with Gasteiger partial charge in [0, 0.05) is 23.5 Å². The first kappa shape index (κ1) is 14.2. The van der Waals surface area contributed by atoms with Gasteiger partial charge < -0.3 is 5.32 Å². The highest BCUT2D eigenvalue weighted by molar-refractivity contribution is 8.14. The van der Waals surface area contributed by atoms with E-state index in [1.165, 1.54) is 24.9 Å². The van der Waals surface area contributed by atoms with Crippen LogP contribution in [0.15, 0.2) is 17.2 Å². The monoisotopic (exact) mass is 295 g/mol. The van der Waals surface area contributed by atoms with Crippen molar-refractivity contribution >= 4 is 37.4 Å². The van der Waals surface area contributed by atoms with Gasteiger partial charge in [0.2, 0.25) is 9.05 Å². The number of amides is 1. The number of aromatic nitrogens is 2. The highest BCUT2D eigenvalue weighted by atomic mass is 35.7. The third-order valence-corrected chi connectivity index (χ3v) is 4.01. The Balaban J connectivity index is 2.54. The Morgan fingerprint density at radius 1 is 1.47 bits per heavy atom. The molecule has 0 atom stereocenters. The number of carbonyl (C=O) groups excluding carboxylic acids is 1. The second-order valence-electron chi connectivity index (χ2n) is 2.93. The number of nitrogens with one attached hydrogen (secondary N) is 1. The second kappa shape index (κ2) is 6.18. The van der Waals surface area contributed by atoms with Crippen LogP contribution in [0, 0.1) is 0 Å². The lowest BCUT2D eigenvalue weighted by Crippen LogP contribution is -2.19. The van der Waals surface area contributed by atoms with Crippen LogP contribution in [0.4, 0.5) is 0 Å². The maximum Gasteiger partial charge on any atom is 0.271 e. The van der Waals surface area contributed by atoms with Gasteiger partial charge in [0.15, 0.2) is 5.69 Å². The maximum absolute atomic E-state index is 11.2. The summed E-state index contributed by atoms with van der Waals surface area (Å²) in [5, 5.41) is 10.4. The van der Waals surface area contributed by atoms with E-state index in [1.807, 2.05) is 0 Å². The summed E-state index contributed by atoms with van der Waals surface area (Å²) in [6.07, 6.45) is 0. The number of hydrogen-bond donors (Lipinski definition) is 1. The molecule has 94 valence electrons. The van der Waals surface area contributed by atoms with Crippen molar-refractivity contribution in [3.05, 3.63) is 17.8 Å². The van der Waals surface area contributed by atoms with E-state index in [2.05, 4.69) is 15.5 Å². The normalized spacial score (nSPS) is 11.2. The molecule has 1 amide bonds. The van der Waals surface area contributed by atoms with Crippen LogP contribution in [-0.2, 0) is 9.05 Å². The fourth-order valence-electron chi connectivity index (χ4n) is 0.892. The topological polar surface area (TPSA) is 89.0 Å². The summed E-state index contributed by atoms with van der Waals surface area (Å²) in [5.41, 5.74) is 0.210. The minimum atomic E-state index is -3.48. The van der Waals surface area contributed by atoms with Gasteiger partial charge in [-0.2, -0.15) is 0 Å². The molecule has 0 fully saturated rings. The molecule has 0 spiro atoms.